The Bertz CT molecular complexity index is 3240. The molecule has 0 radical (unpaired) electrons. The molecule has 3 aromatic heterocycles. The summed E-state index contributed by atoms with van der Waals surface area (Å²) in [5.74, 6) is 1.96. The highest BCUT2D eigenvalue weighted by atomic mass is 32.1. The Kier molecular flexibility index (Phi) is 7.87. The lowest BCUT2D eigenvalue weighted by Gasteiger charge is -2.11. The summed E-state index contributed by atoms with van der Waals surface area (Å²) in [6, 6.07) is 66.6. The molecule has 0 fully saturated rings. The van der Waals surface area contributed by atoms with Crippen molar-refractivity contribution in [3.05, 3.63) is 188 Å². The summed E-state index contributed by atoms with van der Waals surface area (Å²) in [5, 5.41) is 4.98. The molecule has 262 valence electrons. The normalized spacial score (nSPS) is 11.6. The molecule has 11 aromatic rings. The van der Waals surface area contributed by atoms with Gasteiger partial charge in [-0.3, -0.25) is 0 Å². The molecule has 11 rings (SSSR count). The minimum absolute atomic E-state index is 0.648. The lowest BCUT2D eigenvalue weighted by Crippen LogP contribution is -2.00. The summed E-state index contributed by atoms with van der Waals surface area (Å²) < 4.78 is 5.07. The van der Waals surface area contributed by atoms with Crippen molar-refractivity contribution in [2.45, 2.75) is 0 Å². The molecule has 0 atom stereocenters. The van der Waals surface area contributed by atoms with Gasteiger partial charge in [-0.05, 0) is 40.5 Å². The standard InChI is InChI=1S/C51H31N3S2/c1-4-15-32(16-5-1)35-21-12-22-36(31-35)50-52-49(34-19-8-3-9-20-34)53-51(54-50)42-26-14-28-44-45(42)41-25-13-24-38(47(41)56-44)39-30-29-37(33-17-6-2-7-18-33)46-40-23-10-11-27-43(40)55-48(39)46/h1-31H. The van der Waals surface area contributed by atoms with Gasteiger partial charge in [0, 0.05) is 68.2 Å². The molecule has 3 heterocycles. The molecule has 0 aliphatic carbocycles. The first-order chi connectivity index (χ1) is 27.8. The first kappa shape index (κ1) is 32.6. The number of hydrogen-bond acceptors (Lipinski definition) is 5. The molecule has 8 aromatic carbocycles. The van der Waals surface area contributed by atoms with Gasteiger partial charge in [0.05, 0.1) is 0 Å². The number of benzene rings is 8. The monoisotopic (exact) mass is 749 g/mol. The van der Waals surface area contributed by atoms with Crippen LogP contribution in [0.5, 0.6) is 0 Å². The van der Waals surface area contributed by atoms with Crippen molar-refractivity contribution >= 4 is 63.0 Å². The van der Waals surface area contributed by atoms with Crippen LogP contribution in [0.15, 0.2) is 188 Å². The van der Waals surface area contributed by atoms with E-state index in [2.05, 4.69) is 164 Å². The van der Waals surface area contributed by atoms with Crippen molar-refractivity contribution in [3.63, 3.8) is 0 Å². The first-order valence-electron chi connectivity index (χ1n) is 18.7. The summed E-state index contributed by atoms with van der Waals surface area (Å²) in [7, 11) is 0. The van der Waals surface area contributed by atoms with Gasteiger partial charge in [0.1, 0.15) is 0 Å². The number of hydrogen-bond donors (Lipinski definition) is 0. The molecule has 0 aliphatic heterocycles. The van der Waals surface area contributed by atoms with E-state index in [-0.39, 0.29) is 0 Å². The molecule has 5 heteroatoms. The van der Waals surface area contributed by atoms with Crippen molar-refractivity contribution in [2.24, 2.45) is 0 Å². The third kappa shape index (κ3) is 5.51. The number of nitrogens with zero attached hydrogens (tertiary/aromatic N) is 3. The molecule has 0 saturated carbocycles. The molecule has 0 spiro atoms. The van der Waals surface area contributed by atoms with E-state index < -0.39 is 0 Å². The van der Waals surface area contributed by atoms with Crippen LogP contribution in [0.3, 0.4) is 0 Å². The summed E-state index contributed by atoms with van der Waals surface area (Å²) >= 11 is 3.73. The van der Waals surface area contributed by atoms with Gasteiger partial charge in [0.25, 0.3) is 0 Å². The van der Waals surface area contributed by atoms with Gasteiger partial charge in [0.2, 0.25) is 0 Å². The Morgan fingerprint density at radius 2 is 0.804 bits per heavy atom. The van der Waals surface area contributed by atoms with Gasteiger partial charge < -0.3 is 0 Å². The Morgan fingerprint density at radius 1 is 0.286 bits per heavy atom. The average molecular weight is 750 g/mol. The van der Waals surface area contributed by atoms with Crippen molar-refractivity contribution in [3.8, 4) is 67.5 Å². The molecule has 56 heavy (non-hydrogen) atoms. The molecule has 0 aliphatic rings. The predicted octanol–water partition coefficient (Wildman–Crippen LogP) is 14.6. The zero-order chi connectivity index (χ0) is 37.0. The van der Waals surface area contributed by atoms with Crippen molar-refractivity contribution in [1.82, 2.24) is 15.0 Å². The van der Waals surface area contributed by atoms with Crippen LogP contribution in [0.1, 0.15) is 0 Å². The maximum atomic E-state index is 5.24. The van der Waals surface area contributed by atoms with E-state index in [9.17, 15) is 0 Å². The number of thiophene rings is 2. The van der Waals surface area contributed by atoms with Crippen LogP contribution < -0.4 is 0 Å². The highest BCUT2D eigenvalue weighted by molar-refractivity contribution is 7.27. The van der Waals surface area contributed by atoms with Crippen LogP contribution in [-0.2, 0) is 0 Å². The van der Waals surface area contributed by atoms with E-state index >= 15 is 0 Å². The van der Waals surface area contributed by atoms with Gasteiger partial charge in [-0.1, -0.05) is 170 Å². The first-order valence-corrected chi connectivity index (χ1v) is 20.3. The minimum Gasteiger partial charge on any atom is -0.208 e. The van der Waals surface area contributed by atoms with Crippen LogP contribution in [0.4, 0.5) is 0 Å². The smallest absolute Gasteiger partial charge is 0.164 e. The average Bonchev–Trinajstić information content (AvgIpc) is 3.86. The van der Waals surface area contributed by atoms with Crippen molar-refractivity contribution in [2.75, 3.05) is 0 Å². The molecular formula is C51H31N3S2. The zero-order valence-electron chi connectivity index (χ0n) is 30.1. The van der Waals surface area contributed by atoms with E-state index in [1.165, 1.54) is 57.2 Å². The third-order valence-corrected chi connectivity index (χ3v) is 13.0. The fourth-order valence-electron chi connectivity index (χ4n) is 7.96. The Labute approximate surface area is 331 Å². The van der Waals surface area contributed by atoms with Gasteiger partial charge >= 0.3 is 0 Å². The molecule has 0 saturated heterocycles. The number of rotatable bonds is 6. The summed E-state index contributed by atoms with van der Waals surface area (Å²) in [6.45, 7) is 0. The number of aromatic nitrogens is 3. The fourth-order valence-corrected chi connectivity index (χ4v) is 10.5. The van der Waals surface area contributed by atoms with Gasteiger partial charge in [-0.2, -0.15) is 0 Å². The predicted molar refractivity (Wildman–Crippen MR) is 238 cm³/mol. The van der Waals surface area contributed by atoms with E-state index in [1.807, 2.05) is 46.9 Å². The lowest BCUT2D eigenvalue weighted by atomic mass is 9.94. The van der Waals surface area contributed by atoms with Gasteiger partial charge in [-0.15, -0.1) is 22.7 Å². The molecule has 3 nitrogen and oxygen atoms in total. The molecule has 0 bridgehead atoms. The van der Waals surface area contributed by atoms with Crippen LogP contribution in [0, 0.1) is 0 Å². The largest absolute Gasteiger partial charge is 0.208 e. The minimum atomic E-state index is 0.648. The van der Waals surface area contributed by atoms with E-state index in [4.69, 9.17) is 15.0 Å². The molecular weight excluding hydrogens is 719 g/mol. The maximum absolute atomic E-state index is 5.24. The highest BCUT2D eigenvalue weighted by Crippen LogP contribution is 2.49. The second kappa shape index (κ2) is 13.5. The van der Waals surface area contributed by atoms with E-state index in [0.29, 0.717) is 17.5 Å². The van der Waals surface area contributed by atoms with Crippen LogP contribution in [0.25, 0.3) is 108 Å². The summed E-state index contributed by atoms with van der Waals surface area (Å²) in [4.78, 5) is 15.5. The zero-order valence-corrected chi connectivity index (χ0v) is 31.7. The maximum Gasteiger partial charge on any atom is 0.164 e. The van der Waals surface area contributed by atoms with Crippen LogP contribution in [0.2, 0.25) is 0 Å². The van der Waals surface area contributed by atoms with E-state index in [0.717, 1.165) is 33.2 Å². The molecule has 0 unspecified atom stereocenters. The molecule has 0 N–H and O–H groups in total. The topological polar surface area (TPSA) is 38.7 Å². The Hall–Kier alpha value is -6.79. The summed E-state index contributed by atoms with van der Waals surface area (Å²) in [5.41, 5.74) is 10.2. The Morgan fingerprint density at radius 3 is 1.61 bits per heavy atom. The third-order valence-electron chi connectivity index (χ3n) is 10.6. The van der Waals surface area contributed by atoms with Gasteiger partial charge in [-0.25, -0.2) is 15.0 Å². The van der Waals surface area contributed by atoms with Crippen LogP contribution >= 0.6 is 22.7 Å². The van der Waals surface area contributed by atoms with Gasteiger partial charge in [0.15, 0.2) is 17.5 Å². The number of fused-ring (bicyclic) bond motifs is 6. The quantitative estimate of drug-likeness (QED) is 0.170. The second-order valence-corrected chi connectivity index (χ2v) is 16.0. The van der Waals surface area contributed by atoms with Crippen LogP contribution in [-0.4, -0.2) is 15.0 Å². The van der Waals surface area contributed by atoms with Crippen molar-refractivity contribution < 1.29 is 0 Å². The fraction of sp³-hybridized carbons (Fsp3) is 0. The van der Waals surface area contributed by atoms with Crippen molar-refractivity contribution in [1.29, 1.82) is 0 Å². The lowest BCUT2D eigenvalue weighted by molar-refractivity contribution is 1.08. The SMILES string of the molecule is c1ccc(-c2cccc(-c3nc(-c4ccccc4)nc(-c4cccc5sc6c(-c7ccc(-c8ccccc8)c8c7sc7ccccc78)cccc6c45)n3)c2)cc1. The second-order valence-electron chi connectivity index (χ2n) is 13.9. The highest BCUT2D eigenvalue weighted by Gasteiger charge is 2.21. The Balaban J connectivity index is 1.12. The summed E-state index contributed by atoms with van der Waals surface area (Å²) in [6.07, 6.45) is 0. The molecule has 0 amide bonds. The van der Waals surface area contributed by atoms with E-state index in [1.54, 1.807) is 0 Å².